The molecule has 0 fully saturated rings. The molecule has 0 spiro atoms. The van der Waals surface area contributed by atoms with Gasteiger partial charge in [-0.25, -0.2) is 0 Å². The number of nitro groups is 2. The third-order valence-corrected chi connectivity index (χ3v) is 2.74. The minimum Gasteiger partial charge on any atom is -0.394 e. The van der Waals surface area contributed by atoms with Gasteiger partial charge in [0.2, 0.25) is 5.91 Å². The topological polar surface area (TPSA) is 165 Å². The van der Waals surface area contributed by atoms with Crippen LogP contribution in [0.4, 0.5) is 11.4 Å². The van der Waals surface area contributed by atoms with E-state index < -0.39 is 45.7 Å². The van der Waals surface area contributed by atoms with Crippen LogP contribution in [0.15, 0.2) is 18.2 Å². The number of amides is 2. The van der Waals surface area contributed by atoms with Crippen LogP contribution in [0, 0.1) is 20.2 Å². The first kappa shape index (κ1) is 18.0. The highest BCUT2D eigenvalue weighted by molar-refractivity contribution is 5.98. The van der Waals surface area contributed by atoms with Gasteiger partial charge in [-0.05, 0) is 6.92 Å². The molecule has 0 radical (unpaired) electrons. The highest BCUT2D eigenvalue weighted by Gasteiger charge is 2.24. The molecule has 1 aromatic carbocycles. The van der Waals surface area contributed by atoms with Crippen LogP contribution in [-0.4, -0.2) is 46.0 Å². The summed E-state index contributed by atoms with van der Waals surface area (Å²) < 4.78 is 0. The summed E-state index contributed by atoms with van der Waals surface area (Å²) >= 11 is 0. The van der Waals surface area contributed by atoms with E-state index in [4.69, 9.17) is 5.11 Å². The molecular formula is C12H14N4O7. The zero-order valence-electron chi connectivity index (χ0n) is 12.0. The van der Waals surface area contributed by atoms with Crippen molar-refractivity contribution < 1.29 is 24.5 Å². The first-order valence-electron chi connectivity index (χ1n) is 6.43. The summed E-state index contributed by atoms with van der Waals surface area (Å²) in [5.41, 5.74) is -1.64. The lowest BCUT2D eigenvalue weighted by Crippen LogP contribution is -2.48. The first-order chi connectivity index (χ1) is 10.8. The van der Waals surface area contributed by atoms with Gasteiger partial charge in [0.25, 0.3) is 17.3 Å². The molecular weight excluding hydrogens is 312 g/mol. The van der Waals surface area contributed by atoms with Gasteiger partial charge in [0.05, 0.1) is 28.1 Å². The number of likely N-dealkylation sites (N-methyl/N-ethyl adjacent to an activating group) is 1. The summed E-state index contributed by atoms with van der Waals surface area (Å²) in [5, 5.41) is 35.2. The number of hydrogen-bond acceptors (Lipinski definition) is 7. The molecule has 0 bridgehead atoms. The highest BCUT2D eigenvalue weighted by atomic mass is 16.6. The van der Waals surface area contributed by atoms with Crippen molar-refractivity contribution in [2.45, 2.75) is 13.0 Å². The van der Waals surface area contributed by atoms with Crippen molar-refractivity contribution in [3.05, 3.63) is 44.0 Å². The lowest BCUT2D eigenvalue weighted by atomic mass is 10.1. The number of carbonyl (C=O) groups is 2. The number of non-ortho nitro benzene ring substituents is 2. The van der Waals surface area contributed by atoms with Gasteiger partial charge in [-0.1, -0.05) is 0 Å². The van der Waals surface area contributed by atoms with Gasteiger partial charge in [0.1, 0.15) is 6.04 Å². The predicted octanol–water partition coefficient (Wildman–Crippen LogP) is -0.270. The fourth-order valence-corrected chi connectivity index (χ4v) is 1.67. The molecule has 0 saturated carbocycles. The number of aliphatic hydroxyl groups is 1. The highest BCUT2D eigenvalue weighted by Crippen LogP contribution is 2.22. The SMILES string of the molecule is CCNC(=O)C(CO)NC(=O)c1cc([N+](=O)[O-])cc([N+](=O)[O-])c1. The number of carbonyl (C=O) groups excluding carboxylic acids is 2. The molecule has 0 aliphatic heterocycles. The fourth-order valence-electron chi connectivity index (χ4n) is 1.67. The number of hydrogen-bond donors (Lipinski definition) is 3. The largest absolute Gasteiger partial charge is 0.394 e. The molecule has 124 valence electrons. The van der Waals surface area contributed by atoms with E-state index in [1.165, 1.54) is 0 Å². The van der Waals surface area contributed by atoms with Gasteiger partial charge in [0.15, 0.2) is 0 Å². The monoisotopic (exact) mass is 326 g/mol. The third kappa shape index (κ3) is 4.71. The molecule has 1 atom stereocenters. The zero-order chi connectivity index (χ0) is 17.6. The molecule has 0 aliphatic rings. The average molecular weight is 326 g/mol. The maximum absolute atomic E-state index is 12.0. The van der Waals surface area contributed by atoms with Crippen LogP contribution in [0.1, 0.15) is 17.3 Å². The fraction of sp³-hybridized carbons (Fsp3) is 0.333. The van der Waals surface area contributed by atoms with E-state index in [1.54, 1.807) is 6.92 Å². The van der Waals surface area contributed by atoms with Gasteiger partial charge < -0.3 is 15.7 Å². The number of nitrogens with one attached hydrogen (secondary N) is 2. The minimum absolute atomic E-state index is 0.271. The second-order valence-corrected chi connectivity index (χ2v) is 4.36. The summed E-state index contributed by atoms with van der Waals surface area (Å²) in [4.78, 5) is 43.4. The van der Waals surface area contributed by atoms with Crippen LogP contribution in [0.3, 0.4) is 0 Å². The Morgan fingerprint density at radius 2 is 1.70 bits per heavy atom. The van der Waals surface area contributed by atoms with E-state index in [1.807, 2.05) is 0 Å². The number of nitro benzene ring substituents is 2. The Hall–Kier alpha value is -3.08. The van der Waals surface area contributed by atoms with Crippen LogP contribution in [-0.2, 0) is 4.79 Å². The van der Waals surface area contributed by atoms with Crippen molar-refractivity contribution in [3.8, 4) is 0 Å². The van der Waals surface area contributed by atoms with E-state index in [9.17, 15) is 29.8 Å². The number of aliphatic hydroxyl groups excluding tert-OH is 1. The zero-order valence-corrected chi connectivity index (χ0v) is 12.0. The van der Waals surface area contributed by atoms with Gasteiger partial charge in [-0.15, -0.1) is 0 Å². The summed E-state index contributed by atoms with van der Waals surface area (Å²) in [6.07, 6.45) is 0. The molecule has 1 unspecified atom stereocenters. The van der Waals surface area contributed by atoms with E-state index in [-0.39, 0.29) is 12.1 Å². The second kappa shape index (κ2) is 7.79. The standard InChI is InChI=1S/C12H14N4O7/c1-2-13-12(19)10(6-17)14-11(18)7-3-8(15(20)21)5-9(4-7)16(22)23/h3-5,10,17H,2,6H2,1H3,(H,13,19)(H,14,18). The van der Waals surface area contributed by atoms with E-state index in [2.05, 4.69) is 10.6 Å². The Morgan fingerprint density at radius 1 is 1.17 bits per heavy atom. The normalized spacial score (nSPS) is 11.4. The molecule has 11 nitrogen and oxygen atoms in total. The maximum Gasteiger partial charge on any atom is 0.277 e. The molecule has 0 saturated heterocycles. The van der Waals surface area contributed by atoms with Crippen LogP contribution >= 0.6 is 0 Å². The first-order valence-corrected chi connectivity index (χ1v) is 6.43. The summed E-state index contributed by atoms with van der Waals surface area (Å²) in [7, 11) is 0. The van der Waals surface area contributed by atoms with Crippen molar-refractivity contribution in [2.24, 2.45) is 0 Å². The Labute approximate surface area is 129 Å². The van der Waals surface area contributed by atoms with Gasteiger partial charge in [-0.3, -0.25) is 29.8 Å². The molecule has 11 heteroatoms. The van der Waals surface area contributed by atoms with Crippen molar-refractivity contribution in [1.29, 1.82) is 0 Å². The molecule has 0 heterocycles. The molecule has 2 amide bonds. The molecule has 0 aliphatic carbocycles. The second-order valence-electron chi connectivity index (χ2n) is 4.36. The predicted molar refractivity (Wildman–Crippen MR) is 76.8 cm³/mol. The third-order valence-electron chi connectivity index (χ3n) is 2.74. The smallest absolute Gasteiger partial charge is 0.277 e. The quantitative estimate of drug-likeness (QED) is 0.458. The van der Waals surface area contributed by atoms with Crippen molar-refractivity contribution >= 4 is 23.2 Å². The molecule has 0 aromatic heterocycles. The lowest BCUT2D eigenvalue weighted by Gasteiger charge is -2.15. The van der Waals surface area contributed by atoms with Crippen LogP contribution < -0.4 is 10.6 Å². The van der Waals surface area contributed by atoms with E-state index in [0.717, 1.165) is 12.1 Å². The Bertz CT molecular complexity index is 614. The number of rotatable bonds is 7. The average Bonchev–Trinajstić information content (AvgIpc) is 2.51. The van der Waals surface area contributed by atoms with Crippen LogP contribution in [0.2, 0.25) is 0 Å². The Kier molecular flexibility index (Phi) is 6.09. The Morgan fingerprint density at radius 3 is 2.09 bits per heavy atom. The lowest BCUT2D eigenvalue weighted by molar-refractivity contribution is -0.394. The summed E-state index contributed by atoms with van der Waals surface area (Å²) in [6.45, 7) is 1.21. The van der Waals surface area contributed by atoms with Gasteiger partial charge >= 0.3 is 0 Å². The number of benzene rings is 1. The minimum atomic E-state index is -1.28. The molecule has 3 N–H and O–H groups in total. The summed E-state index contributed by atoms with van der Waals surface area (Å²) in [5.74, 6) is -1.61. The van der Waals surface area contributed by atoms with Crippen molar-refractivity contribution in [2.75, 3.05) is 13.2 Å². The van der Waals surface area contributed by atoms with Crippen molar-refractivity contribution in [1.82, 2.24) is 10.6 Å². The van der Waals surface area contributed by atoms with Gasteiger partial charge in [0, 0.05) is 18.7 Å². The van der Waals surface area contributed by atoms with E-state index in [0.29, 0.717) is 6.07 Å². The van der Waals surface area contributed by atoms with Gasteiger partial charge in [-0.2, -0.15) is 0 Å². The van der Waals surface area contributed by atoms with Crippen LogP contribution in [0.5, 0.6) is 0 Å². The van der Waals surface area contributed by atoms with Crippen molar-refractivity contribution in [3.63, 3.8) is 0 Å². The molecule has 23 heavy (non-hydrogen) atoms. The van der Waals surface area contributed by atoms with Crippen LogP contribution in [0.25, 0.3) is 0 Å². The summed E-state index contributed by atoms with van der Waals surface area (Å²) in [6, 6.07) is 1.12. The number of nitrogens with zero attached hydrogens (tertiary/aromatic N) is 2. The molecule has 1 rings (SSSR count). The molecule has 1 aromatic rings. The van der Waals surface area contributed by atoms with E-state index >= 15 is 0 Å². The Balaban J connectivity index is 3.09. The maximum atomic E-state index is 12.0.